The number of halogens is 4. The number of aromatic nitrogens is 4. The van der Waals surface area contributed by atoms with Gasteiger partial charge >= 0.3 is 6.18 Å². The van der Waals surface area contributed by atoms with Gasteiger partial charge in [0.1, 0.15) is 11.5 Å². The minimum Gasteiger partial charge on any atom is -0.394 e. The molecule has 40 heavy (non-hydrogen) atoms. The molecule has 7 nitrogen and oxygen atoms in total. The quantitative estimate of drug-likeness (QED) is 0.242. The molecule has 2 aromatic heterocycles. The van der Waals surface area contributed by atoms with Gasteiger partial charge in [0.05, 0.1) is 18.3 Å². The summed E-state index contributed by atoms with van der Waals surface area (Å²) in [7, 11) is 0. The molecule has 0 aliphatic heterocycles. The maximum absolute atomic E-state index is 13.6. The molecule has 0 radical (unpaired) electrons. The van der Waals surface area contributed by atoms with Gasteiger partial charge in [0.25, 0.3) is 11.9 Å². The average molecular weight is 552 g/mol. The number of aliphatic hydroxyl groups is 1. The van der Waals surface area contributed by atoms with E-state index in [1.54, 1.807) is 42.5 Å². The minimum atomic E-state index is -4.71. The molecule has 0 saturated heterocycles. The van der Waals surface area contributed by atoms with E-state index in [9.17, 15) is 27.5 Å². The van der Waals surface area contributed by atoms with E-state index in [1.165, 1.54) is 16.8 Å². The maximum atomic E-state index is 13.6. The first-order valence-corrected chi connectivity index (χ1v) is 12.7. The second-order valence-electron chi connectivity index (χ2n) is 9.37. The number of benzene rings is 2. The van der Waals surface area contributed by atoms with Crippen LogP contribution in [0.5, 0.6) is 0 Å². The third kappa shape index (κ3) is 5.79. The molecule has 2 N–H and O–H groups in total. The Morgan fingerprint density at radius 2 is 1.77 bits per heavy atom. The fourth-order valence-electron chi connectivity index (χ4n) is 4.74. The van der Waals surface area contributed by atoms with Crippen molar-refractivity contribution in [3.8, 4) is 5.95 Å². The lowest BCUT2D eigenvalue weighted by molar-refractivity contribution is -0.141. The summed E-state index contributed by atoms with van der Waals surface area (Å²) in [6, 6.07) is 14.8. The molecular formula is C29H25F4N5O2. The highest BCUT2D eigenvalue weighted by Crippen LogP contribution is 2.35. The number of aliphatic hydroxyl groups excluding tert-OH is 1. The van der Waals surface area contributed by atoms with Crippen molar-refractivity contribution in [2.45, 2.75) is 37.9 Å². The monoisotopic (exact) mass is 551 g/mol. The van der Waals surface area contributed by atoms with Crippen LogP contribution < -0.4 is 5.32 Å². The van der Waals surface area contributed by atoms with Crippen LogP contribution in [0.25, 0.3) is 17.6 Å². The highest BCUT2D eigenvalue weighted by Gasteiger charge is 2.34. The lowest BCUT2D eigenvalue weighted by Crippen LogP contribution is -2.31. The Morgan fingerprint density at radius 1 is 1.05 bits per heavy atom. The number of hydrogen-bond donors (Lipinski definition) is 2. The molecule has 0 saturated carbocycles. The normalized spacial score (nSPS) is 15.4. The number of carbonyl (C=O) groups is 1. The number of hydrogen-bond acceptors (Lipinski definition) is 5. The Labute approximate surface area is 227 Å². The van der Waals surface area contributed by atoms with E-state index in [1.807, 2.05) is 6.07 Å². The van der Waals surface area contributed by atoms with Crippen LogP contribution in [0.4, 0.5) is 17.6 Å². The summed E-state index contributed by atoms with van der Waals surface area (Å²) >= 11 is 0. The van der Waals surface area contributed by atoms with Crippen molar-refractivity contribution in [3.63, 3.8) is 0 Å². The molecule has 1 aliphatic carbocycles. The zero-order valence-electron chi connectivity index (χ0n) is 21.2. The van der Waals surface area contributed by atoms with Crippen molar-refractivity contribution in [2.24, 2.45) is 0 Å². The lowest BCUT2D eigenvalue weighted by atomic mass is 10.0. The van der Waals surface area contributed by atoms with Crippen molar-refractivity contribution in [2.75, 3.05) is 6.61 Å². The summed E-state index contributed by atoms with van der Waals surface area (Å²) in [4.78, 5) is 21.3. The molecule has 0 spiro atoms. The Kier molecular flexibility index (Phi) is 7.74. The van der Waals surface area contributed by atoms with Gasteiger partial charge in [-0.1, -0.05) is 42.5 Å². The molecule has 1 amide bonds. The van der Waals surface area contributed by atoms with Crippen LogP contribution in [0, 0.1) is 5.82 Å². The van der Waals surface area contributed by atoms with Gasteiger partial charge in [-0.25, -0.2) is 14.4 Å². The molecule has 0 fully saturated rings. The Balaban J connectivity index is 1.65. The molecule has 2 aromatic carbocycles. The largest absolute Gasteiger partial charge is 0.433 e. The van der Waals surface area contributed by atoms with Crippen LogP contribution in [-0.4, -0.2) is 37.4 Å². The lowest BCUT2D eigenvalue weighted by Gasteiger charge is -2.16. The molecular weight excluding hydrogens is 526 g/mol. The Hall–Kier alpha value is -4.38. The molecule has 11 heteroatoms. The first-order valence-electron chi connectivity index (χ1n) is 12.7. The van der Waals surface area contributed by atoms with Crippen LogP contribution in [0.15, 0.2) is 66.9 Å². The zero-order valence-corrected chi connectivity index (χ0v) is 21.2. The van der Waals surface area contributed by atoms with E-state index in [0.717, 1.165) is 18.7 Å². The smallest absolute Gasteiger partial charge is 0.394 e. The molecule has 4 aromatic rings. The Morgan fingerprint density at radius 3 is 2.48 bits per heavy atom. The predicted octanol–water partition coefficient (Wildman–Crippen LogP) is 5.55. The fraction of sp³-hybridized carbons (Fsp3) is 0.241. The first-order chi connectivity index (χ1) is 19.2. The van der Waals surface area contributed by atoms with Crippen LogP contribution in [-0.2, 0) is 12.6 Å². The highest BCUT2D eigenvalue weighted by molar-refractivity contribution is 5.96. The summed E-state index contributed by atoms with van der Waals surface area (Å²) in [6.45, 7) is -0.370. The standard InChI is InChI=1S/C29H25F4N5O2/c30-21-12-10-18(11-13-21)16-20-8-4-5-9-22-25(27(40)35-23(17-39)19-6-2-1-3-7-19)37-38(26(20)22)28-34-15-14-24(36-28)29(31,32)33/h1-3,6-7,10-16,23,39H,4-5,8-9,17H2,(H,35,40)/t23-/m1/s1. The van der Waals surface area contributed by atoms with Gasteiger partial charge < -0.3 is 10.4 Å². The van der Waals surface area contributed by atoms with Gasteiger partial charge in [0, 0.05) is 11.8 Å². The summed E-state index contributed by atoms with van der Waals surface area (Å²) in [5.74, 6) is -1.33. The summed E-state index contributed by atoms with van der Waals surface area (Å²) in [5, 5.41) is 17.2. The van der Waals surface area contributed by atoms with Crippen LogP contribution in [0.2, 0.25) is 0 Å². The van der Waals surface area contributed by atoms with Gasteiger partial charge in [0.15, 0.2) is 5.69 Å². The van der Waals surface area contributed by atoms with Crippen molar-refractivity contribution >= 4 is 17.6 Å². The number of allylic oxidation sites excluding steroid dienone is 1. The van der Waals surface area contributed by atoms with E-state index in [0.29, 0.717) is 47.2 Å². The van der Waals surface area contributed by atoms with E-state index in [4.69, 9.17) is 0 Å². The van der Waals surface area contributed by atoms with Crippen LogP contribution in [0.1, 0.15) is 63.9 Å². The number of nitrogens with zero attached hydrogens (tertiary/aromatic N) is 4. The number of carbonyl (C=O) groups excluding carboxylic acids is 1. The summed E-state index contributed by atoms with van der Waals surface area (Å²) < 4.78 is 55.2. The number of alkyl halides is 3. The minimum absolute atomic E-state index is 0.0114. The van der Waals surface area contributed by atoms with Crippen molar-refractivity contribution in [1.82, 2.24) is 25.1 Å². The van der Waals surface area contributed by atoms with Gasteiger partial charge in [-0.2, -0.15) is 23.0 Å². The summed E-state index contributed by atoms with van der Waals surface area (Å²) in [5.41, 5.74) is 1.89. The number of amides is 1. The van der Waals surface area contributed by atoms with Gasteiger partial charge in [-0.3, -0.25) is 4.79 Å². The molecule has 0 unspecified atom stereocenters. The first kappa shape index (κ1) is 27.2. The average Bonchev–Trinajstić information content (AvgIpc) is 3.22. The number of rotatable bonds is 6. The van der Waals surface area contributed by atoms with Crippen LogP contribution in [0.3, 0.4) is 0 Å². The Bertz CT molecular complexity index is 1530. The van der Waals surface area contributed by atoms with Crippen molar-refractivity contribution in [3.05, 3.63) is 106 Å². The SMILES string of the molecule is O=C(N[C@H](CO)c1ccccc1)c1nn(-c2nccc(C(F)(F)F)n2)c2c1CCCCC2=Cc1ccc(F)cc1. The zero-order chi connectivity index (χ0) is 28.3. The van der Waals surface area contributed by atoms with E-state index in [-0.39, 0.29) is 18.2 Å². The van der Waals surface area contributed by atoms with E-state index in [2.05, 4.69) is 20.4 Å². The van der Waals surface area contributed by atoms with Gasteiger partial charge in [0.2, 0.25) is 0 Å². The fourth-order valence-corrected chi connectivity index (χ4v) is 4.74. The van der Waals surface area contributed by atoms with Crippen molar-refractivity contribution < 1.29 is 27.5 Å². The highest BCUT2D eigenvalue weighted by atomic mass is 19.4. The molecule has 2 heterocycles. The molecule has 206 valence electrons. The third-order valence-corrected chi connectivity index (χ3v) is 6.65. The second-order valence-corrected chi connectivity index (χ2v) is 9.37. The van der Waals surface area contributed by atoms with E-state index >= 15 is 0 Å². The summed E-state index contributed by atoms with van der Waals surface area (Å²) in [6.07, 6.45) is 0.514. The second kappa shape index (κ2) is 11.4. The molecule has 1 aliphatic rings. The number of fused-ring (bicyclic) bond motifs is 1. The topological polar surface area (TPSA) is 92.9 Å². The number of nitrogens with one attached hydrogen (secondary N) is 1. The van der Waals surface area contributed by atoms with Gasteiger partial charge in [-0.15, -0.1) is 0 Å². The van der Waals surface area contributed by atoms with Crippen molar-refractivity contribution in [1.29, 1.82) is 0 Å². The third-order valence-electron chi connectivity index (χ3n) is 6.65. The maximum Gasteiger partial charge on any atom is 0.433 e. The van der Waals surface area contributed by atoms with E-state index < -0.39 is 29.6 Å². The van der Waals surface area contributed by atoms with Crippen LogP contribution >= 0.6 is 0 Å². The predicted molar refractivity (Wildman–Crippen MR) is 140 cm³/mol. The van der Waals surface area contributed by atoms with Gasteiger partial charge in [-0.05, 0) is 66.7 Å². The molecule has 0 bridgehead atoms. The molecule has 5 rings (SSSR count). The molecule has 1 atom stereocenters.